The van der Waals surface area contributed by atoms with E-state index in [9.17, 15) is 4.79 Å². The lowest BCUT2D eigenvalue weighted by Crippen LogP contribution is -2.11. The zero-order chi connectivity index (χ0) is 7.11. The molecular weight excluding hydrogens is 120 g/mol. The van der Waals surface area contributed by atoms with Crippen LogP contribution in [0.2, 0.25) is 0 Å². The fourth-order valence-corrected chi connectivity index (χ4v) is 0.486. The van der Waals surface area contributed by atoms with Crippen LogP contribution >= 0.6 is 0 Å². The van der Waals surface area contributed by atoms with Crippen LogP contribution in [-0.4, -0.2) is 24.3 Å². The number of aliphatic hydroxyl groups excluding tert-OH is 1. The molecule has 0 aliphatic heterocycles. The third-order valence-electron chi connectivity index (χ3n) is 0.891. The lowest BCUT2D eigenvalue weighted by atomic mass is 10.3. The molecule has 0 fully saturated rings. The maximum absolute atomic E-state index is 9.75. The van der Waals surface area contributed by atoms with Gasteiger partial charge in [0.2, 0.25) is 0 Å². The van der Waals surface area contributed by atoms with Crippen molar-refractivity contribution >= 4 is 6.29 Å². The van der Waals surface area contributed by atoms with E-state index >= 15 is 0 Å². The molecule has 0 amide bonds. The standard InChI is InChI=1S/C6H12O3/c1-2-9-6(8)4-3-5-7/h5-6,8H,2-4H2,1H3. The molecule has 0 saturated heterocycles. The van der Waals surface area contributed by atoms with Crippen LogP contribution in [-0.2, 0) is 9.53 Å². The highest BCUT2D eigenvalue weighted by atomic mass is 16.6. The number of aliphatic hydroxyl groups is 1. The van der Waals surface area contributed by atoms with Gasteiger partial charge in [0.05, 0.1) is 0 Å². The molecule has 0 aromatic carbocycles. The van der Waals surface area contributed by atoms with Crippen LogP contribution in [0.5, 0.6) is 0 Å². The Morgan fingerprint density at radius 1 is 1.78 bits per heavy atom. The minimum absolute atomic E-state index is 0.362. The van der Waals surface area contributed by atoms with E-state index in [4.69, 9.17) is 9.84 Å². The van der Waals surface area contributed by atoms with Crippen molar-refractivity contribution in [2.45, 2.75) is 26.1 Å². The van der Waals surface area contributed by atoms with E-state index in [1.54, 1.807) is 6.92 Å². The molecular formula is C6H12O3. The Labute approximate surface area is 54.6 Å². The number of carbonyl (C=O) groups excluding carboxylic acids is 1. The molecule has 1 unspecified atom stereocenters. The van der Waals surface area contributed by atoms with Gasteiger partial charge in [0.15, 0.2) is 6.29 Å². The van der Waals surface area contributed by atoms with Gasteiger partial charge in [0, 0.05) is 19.4 Å². The van der Waals surface area contributed by atoms with Crippen LogP contribution in [0.3, 0.4) is 0 Å². The van der Waals surface area contributed by atoms with Crippen LogP contribution in [0, 0.1) is 0 Å². The maximum atomic E-state index is 9.75. The summed E-state index contributed by atoms with van der Waals surface area (Å²) in [7, 11) is 0. The molecule has 0 aliphatic rings. The van der Waals surface area contributed by atoms with Crippen molar-refractivity contribution in [2.75, 3.05) is 6.61 Å². The van der Waals surface area contributed by atoms with Crippen molar-refractivity contribution < 1.29 is 14.6 Å². The maximum Gasteiger partial charge on any atom is 0.154 e. The molecule has 0 radical (unpaired) electrons. The van der Waals surface area contributed by atoms with Gasteiger partial charge >= 0.3 is 0 Å². The van der Waals surface area contributed by atoms with Crippen LogP contribution in [0.4, 0.5) is 0 Å². The SMILES string of the molecule is CCOC(O)CCC=O. The van der Waals surface area contributed by atoms with E-state index in [-0.39, 0.29) is 0 Å². The first-order valence-electron chi connectivity index (χ1n) is 3.04. The minimum atomic E-state index is -0.764. The Kier molecular flexibility index (Phi) is 5.46. The van der Waals surface area contributed by atoms with Gasteiger partial charge in [-0.25, -0.2) is 0 Å². The molecule has 1 N–H and O–H groups in total. The van der Waals surface area contributed by atoms with E-state index in [1.165, 1.54) is 0 Å². The summed E-state index contributed by atoms with van der Waals surface area (Å²) in [6, 6.07) is 0. The average molecular weight is 132 g/mol. The second kappa shape index (κ2) is 5.72. The number of hydrogen-bond donors (Lipinski definition) is 1. The number of rotatable bonds is 5. The summed E-state index contributed by atoms with van der Waals surface area (Å²) in [4.78, 5) is 9.75. The van der Waals surface area contributed by atoms with Gasteiger partial charge in [-0.3, -0.25) is 0 Å². The van der Waals surface area contributed by atoms with E-state index in [0.717, 1.165) is 6.29 Å². The second-order valence-corrected chi connectivity index (χ2v) is 1.65. The quantitative estimate of drug-likeness (QED) is 0.433. The predicted octanol–water partition coefficient (Wildman–Crippen LogP) is 0.320. The fraction of sp³-hybridized carbons (Fsp3) is 0.833. The van der Waals surface area contributed by atoms with Gasteiger partial charge in [-0.2, -0.15) is 0 Å². The van der Waals surface area contributed by atoms with Gasteiger partial charge in [-0.15, -0.1) is 0 Å². The zero-order valence-corrected chi connectivity index (χ0v) is 5.54. The number of aldehydes is 1. The molecule has 0 aromatic heterocycles. The van der Waals surface area contributed by atoms with Gasteiger partial charge < -0.3 is 14.6 Å². The highest BCUT2D eigenvalue weighted by Crippen LogP contribution is 1.95. The average Bonchev–Trinajstić information content (AvgIpc) is 1.85. The van der Waals surface area contributed by atoms with Crippen LogP contribution < -0.4 is 0 Å². The predicted molar refractivity (Wildman–Crippen MR) is 32.9 cm³/mol. The summed E-state index contributed by atoms with van der Waals surface area (Å²) in [6.07, 6.45) is 0.765. The van der Waals surface area contributed by atoms with E-state index in [0.29, 0.717) is 19.4 Å². The molecule has 0 aromatic rings. The van der Waals surface area contributed by atoms with Gasteiger partial charge in [0.1, 0.15) is 6.29 Å². The smallest absolute Gasteiger partial charge is 0.154 e. The van der Waals surface area contributed by atoms with Gasteiger partial charge in [-0.1, -0.05) is 0 Å². The Hall–Kier alpha value is -0.410. The second-order valence-electron chi connectivity index (χ2n) is 1.65. The molecule has 9 heavy (non-hydrogen) atoms. The topological polar surface area (TPSA) is 46.5 Å². The summed E-state index contributed by atoms with van der Waals surface area (Å²) in [5.41, 5.74) is 0. The van der Waals surface area contributed by atoms with Crippen molar-refractivity contribution in [2.24, 2.45) is 0 Å². The summed E-state index contributed by atoms with van der Waals surface area (Å²) in [5.74, 6) is 0. The third-order valence-corrected chi connectivity index (χ3v) is 0.891. The van der Waals surface area contributed by atoms with Crippen LogP contribution in [0.1, 0.15) is 19.8 Å². The minimum Gasteiger partial charge on any atom is -0.368 e. The lowest BCUT2D eigenvalue weighted by molar-refractivity contribution is -0.116. The molecule has 0 aliphatic carbocycles. The lowest BCUT2D eigenvalue weighted by Gasteiger charge is -2.06. The molecule has 0 heterocycles. The van der Waals surface area contributed by atoms with Crippen molar-refractivity contribution in [3.05, 3.63) is 0 Å². The van der Waals surface area contributed by atoms with Crippen LogP contribution in [0.15, 0.2) is 0 Å². The Balaban J connectivity index is 3.04. The summed E-state index contributed by atoms with van der Waals surface area (Å²) >= 11 is 0. The first-order valence-corrected chi connectivity index (χ1v) is 3.04. The number of hydrogen-bond acceptors (Lipinski definition) is 3. The Morgan fingerprint density at radius 3 is 2.89 bits per heavy atom. The zero-order valence-electron chi connectivity index (χ0n) is 5.54. The molecule has 1 atom stereocenters. The van der Waals surface area contributed by atoms with Crippen LogP contribution in [0.25, 0.3) is 0 Å². The van der Waals surface area contributed by atoms with E-state index in [1.807, 2.05) is 0 Å². The highest BCUT2D eigenvalue weighted by Gasteiger charge is 1.99. The molecule has 0 saturated carbocycles. The molecule has 54 valence electrons. The Bertz CT molecular complexity index is 72.7. The third kappa shape index (κ3) is 5.46. The molecule has 3 nitrogen and oxygen atoms in total. The van der Waals surface area contributed by atoms with E-state index in [2.05, 4.69) is 0 Å². The van der Waals surface area contributed by atoms with Crippen molar-refractivity contribution in [1.29, 1.82) is 0 Å². The van der Waals surface area contributed by atoms with Crippen molar-refractivity contribution in [3.8, 4) is 0 Å². The first-order chi connectivity index (χ1) is 4.31. The summed E-state index contributed by atoms with van der Waals surface area (Å²) < 4.78 is 4.74. The van der Waals surface area contributed by atoms with Gasteiger partial charge in [0.25, 0.3) is 0 Å². The van der Waals surface area contributed by atoms with Gasteiger partial charge in [-0.05, 0) is 6.92 Å². The van der Waals surface area contributed by atoms with Crippen molar-refractivity contribution in [1.82, 2.24) is 0 Å². The molecule has 3 heteroatoms. The molecule has 0 bridgehead atoms. The molecule has 0 rings (SSSR count). The highest BCUT2D eigenvalue weighted by molar-refractivity contribution is 5.49. The molecule has 0 spiro atoms. The Morgan fingerprint density at radius 2 is 2.44 bits per heavy atom. The fourth-order valence-electron chi connectivity index (χ4n) is 0.486. The monoisotopic (exact) mass is 132 g/mol. The first kappa shape index (κ1) is 8.59. The van der Waals surface area contributed by atoms with E-state index < -0.39 is 6.29 Å². The van der Waals surface area contributed by atoms with Crippen molar-refractivity contribution in [3.63, 3.8) is 0 Å². The summed E-state index contributed by atoms with van der Waals surface area (Å²) in [6.45, 7) is 2.28. The normalized spacial score (nSPS) is 13.1. The summed E-state index contributed by atoms with van der Waals surface area (Å²) in [5, 5.41) is 8.80. The number of carbonyl (C=O) groups is 1. The number of ether oxygens (including phenoxy) is 1. The largest absolute Gasteiger partial charge is 0.368 e.